The smallest absolute Gasteiger partial charge is 0.293 e. The SMILES string of the molecule is Cc1cc(F)cc(NC(=O)/C(OCC2(c3ccccc3)CC2)=C(\C=[NH2+])N2CC[NH2+]CC2)c1. The average molecular weight is 439 g/mol. The maximum Gasteiger partial charge on any atom is 0.293 e. The highest BCUT2D eigenvalue weighted by atomic mass is 19.1. The molecule has 2 aromatic rings. The first-order valence-corrected chi connectivity index (χ1v) is 11.1. The van der Waals surface area contributed by atoms with Gasteiger partial charge in [0.05, 0.1) is 32.8 Å². The van der Waals surface area contributed by atoms with Crippen molar-refractivity contribution in [2.24, 2.45) is 0 Å². The summed E-state index contributed by atoms with van der Waals surface area (Å²) in [5.41, 5.74) is 2.82. The lowest BCUT2D eigenvalue weighted by atomic mass is 9.97. The number of benzene rings is 2. The Morgan fingerprint density at radius 3 is 2.56 bits per heavy atom. The van der Waals surface area contributed by atoms with Gasteiger partial charge in [0.15, 0.2) is 6.21 Å². The van der Waals surface area contributed by atoms with Crippen molar-refractivity contribution in [1.29, 1.82) is 0 Å². The van der Waals surface area contributed by atoms with Gasteiger partial charge in [0.1, 0.15) is 11.5 Å². The molecule has 5 N–H and O–H groups in total. The fraction of sp³-hybridized carbons (Fsp3) is 0.360. The first-order valence-electron chi connectivity index (χ1n) is 11.1. The minimum absolute atomic E-state index is 0.0857. The van der Waals surface area contributed by atoms with E-state index in [1.165, 1.54) is 23.9 Å². The first-order chi connectivity index (χ1) is 15.5. The van der Waals surface area contributed by atoms with Gasteiger partial charge in [0, 0.05) is 11.1 Å². The third-order valence-corrected chi connectivity index (χ3v) is 6.18. The van der Waals surface area contributed by atoms with Crippen LogP contribution < -0.4 is 16.0 Å². The highest BCUT2D eigenvalue weighted by Gasteiger charge is 2.45. The highest BCUT2D eigenvalue weighted by Crippen LogP contribution is 2.48. The summed E-state index contributed by atoms with van der Waals surface area (Å²) in [7, 11) is 0. The summed E-state index contributed by atoms with van der Waals surface area (Å²) >= 11 is 0. The number of nitrogens with zero attached hydrogens (tertiary/aromatic N) is 1. The van der Waals surface area contributed by atoms with Crippen LogP contribution in [-0.2, 0) is 14.9 Å². The molecule has 0 radical (unpaired) electrons. The van der Waals surface area contributed by atoms with Crippen molar-refractivity contribution < 1.29 is 24.6 Å². The van der Waals surface area contributed by atoms with Gasteiger partial charge in [-0.15, -0.1) is 0 Å². The monoisotopic (exact) mass is 438 g/mol. The molecule has 1 saturated heterocycles. The summed E-state index contributed by atoms with van der Waals surface area (Å²) in [5, 5.41) is 11.0. The van der Waals surface area contributed by atoms with E-state index in [4.69, 9.17) is 10.1 Å². The second-order valence-corrected chi connectivity index (χ2v) is 8.64. The van der Waals surface area contributed by atoms with Crippen molar-refractivity contribution in [3.8, 4) is 0 Å². The lowest BCUT2D eigenvalue weighted by Gasteiger charge is -2.28. The Bertz CT molecular complexity index is 992. The number of carbonyl (C=O) groups excluding carboxylic acids is 1. The van der Waals surface area contributed by atoms with Crippen LogP contribution in [0.5, 0.6) is 0 Å². The Balaban J connectivity index is 1.61. The second-order valence-electron chi connectivity index (χ2n) is 8.64. The average Bonchev–Trinajstić information content (AvgIpc) is 3.58. The van der Waals surface area contributed by atoms with E-state index < -0.39 is 11.7 Å². The van der Waals surface area contributed by atoms with E-state index in [9.17, 15) is 9.18 Å². The summed E-state index contributed by atoms with van der Waals surface area (Å²) < 4.78 is 20.1. The molecule has 1 heterocycles. The zero-order chi connectivity index (χ0) is 22.6. The van der Waals surface area contributed by atoms with Crippen molar-refractivity contribution in [3.63, 3.8) is 0 Å². The van der Waals surface area contributed by atoms with Crippen LogP contribution in [0.1, 0.15) is 24.0 Å². The number of halogens is 1. The van der Waals surface area contributed by atoms with E-state index in [0.29, 0.717) is 18.0 Å². The first kappa shape index (κ1) is 22.0. The summed E-state index contributed by atoms with van der Waals surface area (Å²) in [5.74, 6) is -0.645. The van der Waals surface area contributed by atoms with Crippen molar-refractivity contribution in [1.82, 2.24) is 4.90 Å². The molecule has 6 nitrogen and oxygen atoms in total. The van der Waals surface area contributed by atoms with Crippen LogP contribution in [0.15, 0.2) is 60.0 Å². The van der Waals surface area contributed by atoms with Gasteiger partial charge in [-0.05, 0) is 49.1 Å². The summed E-state index contributed by atoms with van der Waals surface area (Å²) in [6.45, 7) is 5.55. The number of allylic oxidation sites excluding steroid dienone is 1. The van der Waals surface area contributed by atoms with E-state index in [-0.39, 0.29) is 11.2 Å². The van der Waals surface area contributed by atoms with Gasteiger partial charge in [-0.3, -0.25) is 10.2 Å². The van der Waals surface area contributed by atoms with Crippen LogP contribution in [-0.4, -0.2) is 49.8 Å². The molecule has 7 heteroatoms. The van der Waals surface area contributed by atoms with Crippen LogP contribution in [0.4, 0.5) is 10.1 Å². The fourth-order valence-corrected chi connectivity index (χ4v) is 4.24. The molecule has 1 amide bonds. The van der Waals surface area contributed by atoms with Gasteiger partial charge >= 0.3 is 0 Å². The number of rotatable bonds is 8. The zero-order valence-electron chi connectivity index (χ0n) is 18.4. The molecule has 2 aliphatic rings. The summed E-state index contributed by atoms with van der Waals surface area (Å²) in [4.78, 5) is 15.4. The third-order valence-electron chi connectivity index (χ3n) is 6.18. The molecule has 0 atom stereocenters. The Hall–Kier alpha value is -3.19. The molecule has 1 aliphatic heterocycles. The molecular formula is C25H31FN4O2+2. The largest absolute Gasteiger partial charge is 0.485 e. The second kappa shape index (κ2) is 9.53. The standard InChI is InChI=1S/C25H29FN4O2/c1-18-13-20(26)15-21(14-18)29-24(31)23(22(16-27)30-11-9-28-10-12-30)32-17-25(7-8-25)19-5-3-2-4-6-19/h2-6,13-16,27-28H,7-12,17H2,1H3,(H,29,31)/p+2/b23-22-,27-16?. The molecule has 1 saturated carbocycles. The Kier molecular flexibility index (Phi) is 6.55. The van der Waals surface area contributed by atoms with Gasteiger partial charge in [0.25, 0.3) is 5.91 Å². The third kappa shape index (κ3) is 4.99. The van der Waals surface area contributed by atoms with Crippen LogP contribution in [0, 0.1) is 12.7 Å². The predicted octanol–water partition coefficient (Wildman–Crippen LogP) is 0.742. The number of aryl methyl sites for hydroxylation is 1. The van der Waals surface area contributed by atoms with Crippen molar-refractivity contribution in [2.45, 2.75) is 25.2 Å². The van der Waals surface area contributed by atoms with Crippen molar-refractivity contribution in [2.75, 3.05) is 38.1 Å². The van der Waals surface area contributed by atoms with Gasteiger partial charge in [-0.2, -0.15) is 0 Å². The van der Waals surface area contributed by atoms with E-state index in [1.54, 1.807) is 13.0 Å². The molecule has 4 rings (SSSR count). The molecule has 2 fully saturated rings. The molecule has 2 aromatic carbocycles. The van der Waals surface area contributed by atoms with E-state index in [0.717, 1.165) is 44.6 Å². The maximum atomic E-state index is 13.9. The lowest BCUT2D eigenvalue weighted by Crippen LogP contribution is -2.89. The molecule has 0 aromatic heterocycles. The van der Waals surface area contributed by atoms with Crippen molar-refractivity contribution in [3.05, 3.63) is 76.9 Å². The normalized spacial score (nSPS) is 17.9. The molecule has 32 heavy (non-hydrogen) atoms. The van der Waals surface area contributed by atoms with E-state index in [1.807, 2.05) is 18.2 Å². The lowest BCUT2D eigenvalue weighted by molar-refractivity contribution is -0.662. The molecule has 0 spiro atoms. The Labute approximate surface area is 188 Å². The van der Waals surface area contributed by atoms with Crippen LogP contribution in [0.2, 0.25) is 0 Å². The number of hydrogen-bond acceptors (Lipinski definition) is 3. The number of hydrogen-bond donors (Lipinski definition) is 3. The molecule has 1 aliphatic carbocycles. The Morgan fingerprint density at radius 1 is 1.22 bits per heavy atom. The number of nitrogens with two attached hydrogens (primary N) is 2. The number of quaternary nitrogens is 1. The predicted molar refractivity (Wildman–Crippen MR) is 121 cm³/mol. The van der Waals surface area contributed by atoms with E-state index >= 15 is 0 Å². The van der Waals surface area contributed by atoms with Crippen LogP contribution in [0.25, 0.3) is 0 Å². The molecule has 0 unspecified atom stereocenters. The van der Waals surface area contributed by atoms with Crippen molar-refractivity contribution >= 4 is 17.8 Å². The molecule has 168 valence electrons. The fourth-order valence-electron chi connectivity index (χ4n) is 4.24. The molecule has 0 bridgehead atoms. The Morgan fingerprint density at radius 2 is 1.94 bits per heavy atom. The minimum atomic E-state index is -0.426. The van der Waals surface area contributed by atoms with Gasteiger partial charge in [0.2, 0.25) is 5.76 Å². The van der Waals surface area contributed by atoms with Gasteiger partial charge in [-0.1, -0.05) is 30.3 Å². The summed E-state index contributed by atoms with van der Waals surface area (Å²) in [6, 6.07) is 14.7. The number of piperazine rings is 1. The van der Waals surface area contributed by atoms with Crippen LogP contribution in [0.3, 0.4) is 0 Å². The van der Waals surface area contributed by atoms with Gasteiger partial charge in [-0.25, -0.2) is 4.39 Å². The number of nitrogens with one attached hydrogen (secondary N) is 1. The van der Waals surface area contributed by atoms with Crippen LogP contribution >= 0.6 is 0 Å². The number of carbonyl (C=O) groups is 1. The highest BCUT2D eigenvalue weighted by molar-refractivity contribution is 6.05. The summed E-state index contributed by atoms with van der Waals surface area (Å²) in [6.07, 6.45) is 3.46. The molecular weight excluding hydrogens is 407 g/mol. The number of anilines is 1. The maximum absolute atomic E-state index is 13.9. The minimum Gasteiger partial charge on any atom is -0.485 e. The number of ether oxygens (including phenoxy) is 1. The topological polar surface area (TPSA) is 83.8 Å². The van der Waals surface area contributed by atoms with Gasteiger partial charge < -0.3 is 20.3 Å². The van der Waals surface area contributed by atoms with E-state index in [2.05, 4.69) is 27.7 Å². The number of amides is 1. The zero-order valence-corrected chi connectivity index (χ0v) is 18.4. The quantitative estimate of drug-likeness (QED) is 0.323.